The van der Waals surface area contributed by atoms with Gasteiger partial charge in [-0.1, -0.05) is 17.3 Å². The lowest BCUT2D eigenvalue weighted by molar-refractivity contribution is 0.0750. The number of carbonyl (C=O) groups excluding carboxylic acids is 1. The zero-order chi connectivity index (χ0) is 17.9. The first-order valence-corrected chi connectivity index (χ1v) is 9.25. The van der Waals surface area contributed by atoms with Gasteiger partial charge in [-0.15, -0.1) is 11.8 Å². The van der Waals surface area contributed by atoms with Crippen molar-refractivity contribution in [2.75, 3.05) is 19.4 Å². The summed E-state index contributed by atoms with van der Waals surface area (Å²) in [5.74, 6) is 2.09. The topological polar surface area (TPSA) is 68.5 Å². The van der Waals surface area contributed by atoms with Gasteiger partial charge in [0.15, 0.2) is 11.5 Å². The van der Waals surface area contributed by atoms with E-state index in [0.29, 0.717) is 18.0 Å². The molecule has 1 aromatic carbocycles. The largest absolute Gasteiger partial charge is 0.497 e. The van der Waals surface area contributed by atoms with Gasteiger partial charge in [0.1, 0.15) is 11.1 Å². The monoisotopic (exact) mass is 367 g/mol. The molecule has 3 heterocycles. The normalized spacial score (nSPS) is 16.7. The highest BCUT2D eigenvalue weighted by Gasteiger charge is 2.32. The number of benzene rings is 1. The van der Waals surface area contributed by atoms with Crippen molar-refractivity contribution in [2.24, 2.45) is 0 Å². The Hall–Kier alpha value is -2.80. The molecule has 0 bridgehead atoms. The smallest absolute Gasteiger partial charge is 0.277 e. The van der Waals surface area contributed by atoms with Crippen LogP contribution in [0.25, 0.3) is 11.3 Å². The second-order valence-electron chi connectivity index (χ2n) is 5.81. The molecule has 1 aliphatic rings. The Labute approximate surface area is 155 Å². The molecule has 1 atom stereocenters. The van der Waals surface area contributed by atoms with Crippen molar-refractivity contribution in [1.29, 1.82) is 0 Å². The molecular weight excluding hydrogens is 350 g/mol. The maximum Gasteiger partial charge on any atom is 0.277 e. The lowest BCUT2D eigenvalue weighted by Gasteiger charge is -2.23. The molecular formula is C19H17N3O3S. The van der Waals surface area contributed by atoms with E-state index in [1.165, 1.54) is 0 Å². The molecule has 0 radical (unpaired) electrons. The molecule has 26 heavy (non-hydrogen) atoms. The van der Waals surface area contributed by atoms with Crippen LogP contribution in [0.15, 0.2) is 59.4 Å². The van der Waals surface area contributed by atoms with Crippen LogP contribution in [0.5, 0.6) is 5.75 Å². The number of carbonyl (C=O) groups is 1. The van der Waals surface area contributed by atoms with E-state index in [9.17, 15) is 4.79 Å². The first-order valence-electron chi connectivity index (χ1n) is 8.20. The fourth-order valence-corrected chi connectivity index (χ4v) is 4.15. The number of ether oxygens (including phenoxy) is 1. The van der Waals surface area contributed by atoms with Crippen LogP contribution in [-0.4, -0.2) is 40.4 Å². The van der Waals surface area contributed by atoms with Crippen molar-refractivity contribution < 1.29 is 14.1 Å². The standard InChI is InChI=1S/C19H17N3O3S/c1-24-15-6-4-13(5-7-15)19-22(9-10-26-19)18(23)16-11-17(25-21-16)14-3-2-8-20-12-14/h2-8,11-12,19H,9-10H2,1H3. The zero-order valence-corrected chi connectivity index (χ0v) is 15.0. The van der Waals surface area contributed by atoms with Gasteiger partial charge in [0, 0.05) is 36.3 Å². The van der Waals surface area contributed by atoms with E-state index in [2.05, 4.69) is 10.1 Å². The highest BCUT2D eigenvalue weighted by molar-refractivity contribution is 7.99. The SMILES string of the molecule is COc1ccc(C2SCCN2C(=O)c2cc(-c3cccnc3)on2)cc1. The number of rotatable bonds is 4. The molecule has 0 spiro atoms. The zero-order valence-electron chi connectivity index (χ0n) is 14.2. The van der Waals surface area contributed by atoms with Crippen LogP contribution in [-0.2, 0) is 0 Å². The van der Waals surface area contributed by atoms with Crippen LogP contribution in [0.1, 0.15) is 21.4 Å². The van der Waals surface area contributed by atoms with Gasteiger partial charge in [-0.3, -0.25) is 9.78 Å². The minimum atomic E-state index is -0.130. The summed E-state index contributed by atoms with van der Waals surface area (Å²) in [5, 5.41) is 3.93. The van der Waals surface area contributed by atoms with Gasteiger partial charge in [-0.25, -0.2) is 0 Å². The quantitative estimate of drug-likeness (QED) is 0.701. The van der Waals surface area contributed by atoms with Gasteiger partial charge in [0.2, 0.25) is 0 Å². The van der Waals surface area contributed by atoms with Crippen LogP contribution in [0.3, 0.4) is 0 Å². The van der Waals surface area contributed by atoms with E-state index in [1.807, 2.05) is 41.3 Å². The van der Waals surface area contributed by atoms with Crippen LogP contribution >= 0.6 is 11.8 Å². The summed E-state index contributed by atoms with van der Waals surface area (Å²) < 4.78 is 10.5. The van der Waals surface area contributed by atoms with Gasteiger partial charge in [0.05, 0.1) is 7.11 Å². The molecule has 1 saturated heterocycles. The van der Waals surface area contributed by atoms with Crippen molar-refractivity contribution in [2.45, 2.75) is 5.37 Å². The molecule has 1 unspecified atom stereocenters. The highest BCUT2D eigenvalue weighted by atomic mass is 32.2. The van der Waals surface area contributed by atoms with Crippen molar-refractivity contribution in [3.05, 3.63) is 66.1 Å². The number of hydrogen-bond donors (Lipinski definition) is 0. The number of amides is 1. The van der Waals surface area contributed by atoms with Crippen LogP contribution in [0.4, 0.5) is 0 Å². The summed E-state index contributed by atoms with van der Waals surface area (Å²) in [7, 11) is 1.64. The Morgan fingerprint density at radius 3 is 2.88 bits per heavy atom. The Kier molecular flexibility index (Phi) is 4.62. The molecule has 1 aliphatic heterocycles. The average Bonchev–Trinajstić information content (AvgIpc) is 3.38. The molecule has 0 N–H and O–H groups in total. The summed E-state index contributed by atoms with van der Waals surface area (Å²) in [6.07, 6.45) is 3.37. The van der Waals surface area contributed by atoms with Crippen molar-refractivity contribution >= 4 is 17.7 Å². The van der Waals surface area contributed by atoms with Gasteiger partial charge in [-0.05, 0) is 29.8 Å². The third-order valence-corrected chi connectivity index (χ3v) is 5.49. The number of thioether (sulfide) groups is 1. The van der Waals surface area contributed by atoms with Gasteiger partial charge < -0.3 is 14.2 Å². The highest BCUT2D eigenvalue weighted by Crippen LogP contribution is 2.39. The minimum Gasteiger partial charge on any atom is -0.497 e. The Morgan fingerprint density at radius 1 is 1.31 bits per heavy atom. The number of aromatic nitrogens is 2. The number of methoxy groups -OCH3 is 1. The summed E-state index contributed by atoms with van der Waals surface area (Å²) in [5.41, 5.74) is 2.17. The summed E-state index contributed by atoms with van der Waals surface area (Å²) >= 11 is 1.74. The summed E-state index contributed by atoms with van der Waals surface area (Å²) in [6.45, 7) is 0.676. The molecule has 1 fully saturated rings. The predicted molar refractivity (Wildman–Crippen MR) is 99.0 cm³/mol. The fraction of sp³-hybridized carbons (Fsp3) is 0.211. The molecule has 1 amide bonds. The van der Waals surface area contributed by atoms with E-state index in [-0.39, 0.29) is 11.3 Å². The lowest BCUT2D eigenvalue weighted by atomic mass is 10.2. The first kappa shape index (κ1) is 16.7. The van der Waals surface area contributed by atoms with E-state index < -0.39 is 0 Å². The molecule has 3 aromatic rings. The number of nitrogens with zero attached hydrogens (tertiary/aromatic N) is 3. The number of pyridine rings is 1. The Morgan fingerprint density at radius 2 is 2.15 bits per heavy atom. The second kappa shape index (κ2) is 7.21. The van der Waals surface area contributed by atoms with Gasteiger partial charge in [-0.2, -0.15) is 0 Å². The minimum absolute atomic E-state index is 0.0352. The maximum atomic E-state index is 12.9. The number of hydrogen-bond acceptors (Lipinski definition) is 6. The summed E-state index contributed by atoms with van der Waals surface area (Å²) in [6, 6.07) is 13.2. The third kappa shape index (κ3) is 3.17. The van der Waals surface area contributed by atoms with Crippen LogP contribution < -0.4 is 4.74 Å². The third-order valence-electron chi connectivity index (χ3n) is 4.23. The fourth-order valence-electron chi connectivity index (χ4n) is 2.89. The Bertz CT molecular complexity index is 896. The van der Waals surface area contributed by atoms with Crippen molar-refractivity contribution in [1.82, 2.24) is 15.0 Å². The Balaban J connectivity index is 1.56. The van der Waals surface area contributed by atoms with Crippen LogP contribution in [0, 0.1) is 0 Å². The molecule has 7 heteroatoms. The van der Waals surface area contributed by atoms with E-state index in [4.69, 9.17) is 9.26 Å². The lowest BCUT2D eigenvalue weighted by Crippen LogP contribution is -2.30. The van der Waals surface area contributed by atoms with Gasteiger partial charge >= 0.3 is 0 Å². The first-order chi connectivity index (χ1) is 12.8. The molecule has 132 valence electrons. The van der Waals surface area contributed by atoms with Crippen molar-refractivity contribution in [3.63, 3.8) is 0 Å². The summed E-state index contributed by atoms with van der Waals surface area (Å²) in [4.78, 5) is 18.8. The molecule has 4 rings (SSSR count). The predicted octanol–water partition coefficient (Wildman–Crippen LogP) is 3.63. The van der Waals surface area contributed by atoms with Crippen molar-refractivity contribution in [3.8, 4) is 17.1 Å². The molecule has 6 nitrogen and oxygen atoms in total. The van der Waals surface area contributed by atoms with Gasteiger partial charge in [0.25, 0.3) is 5.91 Å². The van der Waals surface area contributed by atoms with E-state index in [0.717, 1.165) is 22.6 Å². The molecule has 2 aromatic heterocycles. The molecule has 0 saturated carbocycles. The van der Waals surface area contributed by atoms with E-state index >= 15 is 0 Å². The second-order valence-corrected chi connectivity index (χ2v) is 7.00. The van der Waals surface area contributed by atoms with E-state index in [1.54, 1.807) is 37.3 Å². The van der Waals surface area contributed by atoms with Crippen LogP contribution in [0.2, 0.25) is 0 Å². The molecule has 0 aliphatic carbocycles. The maximum absolute atomic E-state index is 12.9. The average molecular weight is 367 g/mol.